The number of ether oxygens (including phenoxy) is 1. The summed E-state index contributed by atoms with van der Waals surface area (Å²) >= 11 is 0. The normalized spacial score (nSPS) is 18.1. The highest BCUT2D eigenvalue weighted by molar-refractivity contribution is 6.24. The third-order valence-corrected chi connectivity index (χ3v) is 4.61. The number of hydrogen-bond acceptors (Lipinski definition) is 5. The van der Waals surface area contributed by atoms with Gasteiger partial charge >= 0.3 is 0 Å². The van der Waals surface area contributed by atoms with Crippen molar-refractivity contribution in [2.45, 2.75) is 18.9 Å². The Hall–Kier alpha value is -2.86. The van der Waals surface area contributed by atoms with Crippen LogP contribution in [0.3, 0.4) is 0 Å². The Kier molecular flexibility index (Phi) is 4.11. The molecule has 0 spiro atoms. The van der Waals surface area contributed by atoms with Gasteiger partial charge in [-0.2, -0.15) is 0 Å². The fraction of sp³-hybridized carbons (Fsp3) is 0.263. The first-order chi connectivity index (χ1) is 12.3. The molecular formula is C19H20N4O2. The topological polar surface area (TPSA) is 88.7 Å². The number of nitrogens with two attached hydrogens (primary N) is 1. The van der Waals surface area contributed by atoms with Gasteiger partial charge in [-0.3, -0.25) is 9.79 Å². The highest BCUT2D eigenvalue weighted by Gasteiger charge is 2.22. The van der Waals surface area contributed by atoms with Crippen LogP contribution >= 0.6 is 0 Å². The highest BCUT2D eigenvalue weighted by atomic mass is 16.5. The molecule has 6 heteroatoms. The van der Waals surface area contributed by atoms with Crippen LogP contribution in [-0.2, 0) is 0 Å². The molecule has 0 radical (unpaired) electrons. The lowest BCUT2D eigenvalue weighted by atomic mass is 10.0. The van der Waals surface area contributed by atoms with E-state index in [1.165, 1.54) is 6.20 Å². The van der Waals surface area contributed by atoms with Crippen molar-refractivity contribution in [3.05, 3.63) is 47.9 Å². The largest absolute Gasteiger partial charge is 0.454 e. The summed E-state index contributed by atoms with van der Waals surface area (Å²) in [5.41, 5.74) is 7.19. The molecule has 2 aliphatic heterocycles. The van der Waals surface area contributed by atoms with Crippen LogP contribution < -0.4 is 21.1 Å². The van der Waals surface area contributed by atoms with Gasteiger partial charge in [0.05, 0.1) is 12.3 Å². The number of rotatable bonds is 4. The molecular weight excluding hydrogens is 316 g/mol. The molecule has 25 heavy (non-hydrogen) atoms. The van der Waals surface area contributed by atoms with E-state index in [9.17, 15) is 4.79 Å². The van der Waals surface area contributed by atoms with E-state index in [1.54, 1.807) is 6.21 Å². The monoisotopic (exact) mass is 336 g/mol. The zero-order chi connectivity index (χ0) is 17.2. The molecule has 1 saturated heterocycles. The smallest absolute Gasteiger partial charge is 0.256 e. The Morgan fingerprint density at radius 2 is 2.08 bits per heavy atom. The van der Waals surface area contributed by atoms with Crippen molar-refractivity contribution >= 4 is 28.6 Å². The molecule has 1 amide bonds. The van der Waals surface area contributed by atoms with Crippen LogP contribution in [0.4, 0.5) is 5.69 Å². The van der Waals surface area contributed by atoms with Gasteiger partial charge in [-0.25, -0.2) is 0 Å². The van der Waals surface area contributed by atoms with Gasteiger partial charge in [0.15, 0.2) is 5.76 Å². The second kappa shape index (κ2) is 6.57. The van der Waals surface area contributed by atoms with Gasteiger partial charge < -0.3 is 21.1 Å². The molecule has 0 saturated carbocycles. The van der Waals surface area contributed by atoms with Gasteiger partial charge in [0.2, 0.25) is 0 Å². The standard InChI is InChI=1S/C19H20N4O2/c20-10-13(11-22-12-6-8-21-9-7-12)25-17-5-4-16-18-14(17)2-1-3-15(18)19(24)23-16/h1-5,10-12,21H,6-9,20H2,(H,23,24)/b13-10+,22-11?. The molecule has 2 aromatic carbocycles. The van der Waals surface area contributed by atoms with Crippen molar-refractivity contribution in [1.82, 2.24) is 5.32 Å². The Bertz CT molecular complexity index is 882. The SMILES string of the molecule is N/C=C(\C=NC1CCNCC1)Oc1ccc2c3c(cccc13)C(=O)N2. The van der Waals surface area contributed by atoms with Crippen molar-refractivity contribution in [2.24, 2.45) is 10.7 Å². The maximum Gasteiger partial charge on any atom is 0.256 e. The minimum atomic E-state index is -0.0835. The predicted octanol–water partition coefficient (Wildman–Crippen LogP) is 2.41. The summed E-state index contributed by atoms with van der Waals surface area (Å²) in [6, 6.07) is 9.61. The molecule has 0 aromatic heterocycles. The van der Waals surface area contributed by atoms with Crippen LogP contribution in [0.1, 0.15) is 23.2 Å². The average Bonchev–Trinajstić information content (AvgIpc) is 2.99. The van der Waals surface area contributed by atoms with E-state index >= 15 is 0 Å². The number of hydrogen-bond donors (Lipinski definition) is 3. The number of carbonyl (C=O) groups is 1. The van der Waals surface area contributed by atoms with E-state index < -0.39 is 0 Å². The van der Waals surface area contributed by atoms with Crippen molar-refractivity contribution in [3.63, 3.8) is 0 Å². The van der Waals surface area contributed by atoms with Crippen molar-refractivity contribution in [1.29, 1.82) is 0 Å². The quantitative estimate of drug-likeness (QED) is 0.591. The van der Waals surface area contributed by atoms with Crippen LogP contribution in [0, 0.1) is 0 Å². The summed E-state index contributed by atoms with van der Waals surface area (Å²) in [4.78, 5) is 16.6. The third-order valence-electron chi connectivity index (χ3n) is 4.61. The Morgan fingerprint density at radius 1 is 1.24 bits per heavy atom. The molecule has 0 bridgehead atoms. The second-order valence-electron chi connectivity index (χ2n) is 6.22. The highest BCUT2D eigenvalue weighted by Crippen LogP contribution is 2.38. The van der Waals surface area contributed by atoms with Gasteiger partial charge in [-0.05, 0) is 44.1 Å². The molecule has 2 aromatic rings. The summed E-state index contributed by atoms with van der Waals surface area (Å²) in [5, 5.41) is 7.95. The molecule has 0 atom stereocenters. The van der Waals surface area contributed by atoms with Crippen LogP contribution in [0.5, 0.6) is 5.75 Å². The molecule has 4 N–H and O–H groups in total. The minimum absolute atomic E-state index is 0.0835. The summed E-state index contributed by atoms with van der Waals surface area (Å²) in [7, 11) is 0. The number of amides is 1. The number of piperidine rings is 1. The predicted molar refractivity (Wildman–Crippen MR) is 99.2 cm³/mol. The second-order valence-corrected chi connectivity index (χ2v) is 6.22. The fourth-order valence-electron chi connectivity index (χ4n) is 3.32. The number of benzene rings is 2. The summed E-state index contributed by atoms with van der Waals surface area (Å²) in [5.74, 6) is 1.07. The number of nitrogens with one attached hydrogen (secondary N) is 2. The van der Waals surface area contributed by atoms with E-state index in [-0.39, 0.29) is 5.91 Å². The Balaban J connectivity index is 1.61. The molecule has 0 aliphatic carbocycles. The zero-order valence-electron chi connectivity index (χ0n) is 13.8. The Morgan fingerprint density at radius 3 is 2.88 bits per heavy atom. The first-order valence-corrected chi connectivity index (χ1v) is 8.47. The maximum atomic E-state index is 12.0. The lowest BCUT2D eigenvalue weighted by Crippen LogP contribution is -2.29. The minimum Gasteiger partial charge on any atom is -0.454 e. The van der Waals surface area contributed by atoms with E-state index in [0.717, 1.165) is 42.4 Å². The number of anilines is 1. The third kappa shape index (κ3) is 2.96. The lowest BCUT2D eigenvalue weighted by Gasteiger charge is -2.18. The number of allylic oxidation sites excluding steroid dienone is 1. The first-order valence-electron chi connectivity index (χ1n) is 8.47. The molecule has 4 rings (SSSR count). The van der Waals surface area contributed by atoms with Gasteiger partial charge in [-0.1, -0.05) is 12.1 Å². The summed E-state index contributed by atoms with van der Waals surface area (Å²) < 4.78 is 5.97. The summed E-state index contributed by atoms with van der Waals surface area (Å²) in [6.45, 7) is 1.97. The van der Waals surface area contributed by atoms with Crippen LogP contribution in [0.15, 0.2) is 47.3 Å². The van der Waals surface area contributed by atoms with Gasteiger partial charge in [0.25, 0.3) is 5.91 Å². The van der Waals surface area contributed by atoms with Crippen LogP contribution in [0.25, 0.3) is 10.8 Å². The van der Waals surface area contributed by atoms with Crippen molar-refractivity contribution in [3.8, 4) is 5.75 Å². The molecule has 2 aliphatic rings. The molecule has 128 valence electrons. The van der Waals surface area contributed by atoms with Crippen LogP contribution in [-0.4, -0.2) is 31.3 Å². The van der Waals surface area contributed by atoms with Crippen molar-refractivity contribution in [2.75, 3.05) is 18.4 Å². The average molecular weight is 336 g/mol. The number of carbonyl (C=O) groups excluding carboxylic acids is 1. The van der Waals surface area contributed by atoms with E-state index in [2.05, 4.69) is 15.6 Å². The summed E-state index contributed by atoms with van der Waals surface area (Å²) in [6.07, 6.45) is 5.14. The van der Waals surface area contributed by atoms with Gasteiger partial charge in [0, 0.05) is 28.2 Å². The van der Waals surface area contributed by atoms with E-state index in [0.29, 0.717) is 23.1 Å². The fourth-order valence-corrected chi connectivity index (χ4v) is 3.32. The Labute approximate surface area is 145 Å². The van der Waals surface area contributed by atoms with Crippen LogP contribution in [0.2, 0.25) is 0 Å². The van der Waals surface area contributed by atoms with Crippen molar-refractivity contribution < 1.29 is 9.53 Å². The molecule has 0 unspecified atom stereocenters. The molecule has 6 nitrogen and oxygen atoms in total. The zero-order valence-corrected chi connectivity index (χ0v) is 13.8. The number of aliphatic imine (C=N–C) groups is 1. The lowest BCUT2D eigenvalue weighted by molar-refractivity contribution is 0.103. The van der Waals surface area contributed by atoms with E-state index in [1.807, 2.05) is 30.3 Å². The number of nitrogens with zero attached hydrogens (tertiary/aromatic N) is 1. The molecule has 2 heterocycles. The van der Waals surface area contributed by atoms with Gasteiger partial charge in [-0.15, -0.1) is 0 Å². The van der Waals surface area contributed by atoms with Gasteiger partial charge in [0.1, 0.15) is 5.75 Å². The molecule has 1 fully saturated rings. The first kappa shape index (κ1) is 15.7. The maximum absolute atomic E-state index is 12.0. The van der Waals surface area contributed by atoms with E-state index in [4.69, 9.17) is 10.5 Å².